The second-order valence-corrected chi connectivity index (χ2v) is 9.35. The third kappa shape index (κ3) is 7.58. The molecule has 0 spiro atoms. The maximum Gasteiger partial charge on any atom is 0.242 e. The zero-order valence-electron chi connectivity index (χ0n) is 18.9. The van der Waals surface area contributed by atoms with E-state index in [1.54, 1.807) is 12.1 Å². The van der Waals surface area contributed by atoms with E-state index in [2.05, 4.69) is 24.1 Å². The molecule has 1 amide bonds. The van der Waals surface area contributed by atoms with Gasteiger partial charge in [0, 0.05) is 26.6 Å². The molecule has 2 aromatic rings. The van der Waals surface area contributed by atoms with E-state index in [1.807, 2.05) is 12.1 Å². The van der Waals surface area contributed by atoms with Crippen LogP contribution < -0.4 is 10.1 Å². The molecule has 9 heteroatoms. The molecule has 0 fully saturated rings. The molecule has 176 valence electrons. The van der Waals surface area contributed by atoms with Gasteiger partial charge in [0.1, 0.15) is 18.2 Å². The molecular weight excluding hydrogens is 433 g/mol. The predicted molar refractivity (Wildman–Crippen MR) is 124 cm³/mol. The Balaban J connectivity index is 1.85. The summed E-state index contributed by atoms with van der Waals surface area (Å²) in [5.74, 6) is -0.123. The lowest BCUT2D eigenvalue weighted by Gasteiger charge is -2.19. The van der Waals surface area contributed by atoms with Crippen LogP contribution in [0.15, 0.2) is 53.4 Å². The lowest BCUT2D eigenvalue weighted by molar-refractivity contribution is -0.116. The number of nitrogens with one attached hydrogen (secondary N) is 1. The minimum absolute atomic E-state index is 0.0154. The molecule has 2 aromatic carbocycles. The lowest BCUT2D eigenvalue weighted by Crippen LogP contribution is -2.28. The van der Waals surface area contributed by atoms with Gasteiger partial charge in [0.2, 0.25) is 15.9 Å². The number of likely N-dealkylation sites (N-methyl/N-ethyl adjacent to an activating group) is 1. The third-order valence-electron chi connectivity index (χ3n) is 5.12. The first-order chi connectivity index (χ1) is 15.3. The molecule has 0 aliphatic heterocycles. The average Bonchev–Trinajstić information content (AvgIpc) is 2.78. The summed E-state index contributed by atoms with van der Waals surface area (Å²) in [6.45, 7) is 7.56. The van der Waals surface area contributed by atoms with Crippen molar-refractivity contribution >= 4 is 21.6 Å². The fraction of sp³-hybridized carbons (Fsp3) is 0.435. The number of carbonyl (C=O) groups excluding carboxylic acids is 1. The Morgan fingerprint density at radius 3 is 2.34 bits per heavy atom. The van der Waals surface area contributed by atoms with Crippen LogP contribution in [0, 0.1) is 5.82 Å². The minimum Gasteiger partial charge on any atom is -0.490 e. The number of nitrogens with zero attached hydrogens (tertiary/aromatic N) is 2. The van der Waals surface area contributed by atoms with Crippen molar-refractivity contribution in [1.29, 1.82) is 0 Å². The maximum atomic E-state index is 13.0. The van der Waals surface area contributed by atoms with Crippen LogP contribution in [0.5, 0.6) is 5.75 Å². The number of hydrogen-bond acceptors (Lipinski definition) is 5. The highest BCUT2D eigenvalue weighted by molar-refractivity contribution is 7.89. The lowest BCUT2D eigenvalue weighted by atomic mass is 10.2. The normalized spacial score (nSPS) is 11.7. The van der Waals surface area contributed by atoms with Gasteiger partial charge in [-0.3, -0.25) is 4.79 Å². The molecule has 0 aliphatic carbocycles. The highest BCUT2D eigenvalue weighted by Crippen LogP contribution is 2.24. The SMILES string of the molecule is CCN(CC)CCOc1ccccc1NC(=O)CCCN(C)S(=O)(=O)c1ccc(F)cc1. The molecule has 0 unspecified atom stereocenters. The van der Waals surface area contributed by atoms with Crippen LogP contribution in [0.1, 0.15) is 26.7 Å². The Morgan fingerprint density at radius 1 is 1.03 bits per heavy atom. The zero-order valence-corrected chi connectivity index (χ0v) is 19.7. The minimum atomic E-state index is -3.73. The molecule has 32 heavy (non-hydrogen) atoms. The largest absolute Gasteiger partial charge is 0.490 e. The summed E-state index contributed by atoms with van der Waals surface area (Å²) < 4.78 is 45.1. The van der Waals surface area contributed by atoms with Crippen molar-refractivity contribution in [3.63, 3.8) is 0 Å². The number of sulfonamides is 1. The van der Waals surface area contributed by atoms with E-state index in [4.69, 9.17) is 4.74 Å². The molecule has 0 saturated heterocycles. The number of carbonyl (C=O) groups is 1. The predicted octanol–water partition coefficient (Wildman–Crippen LogP) is 3.59. The summed E-state index contributed by atoms with van der Waals surface area (Å²) in [7, 11) is -2.29. The van der Waals surface area contributed by atoms with Gasteiger partial charge >= 0.3 is 0 Å². The first kappa shape index (κ1) is 25.8. The van der Waals surface area contributed by atoms with Gasteiger partial charge in [-0.2, -0.15) is 0 Å². The van der Waals surface area contributed by atoms with E-state index in [0.717, 1.165) is 36.1 Å². The second-order valence-electron chi connectivity index (χ2n) is 7.30. The number of benzene rings is 2. The monoisotopic (exact) mass is 465 g/mol. The van der Waals surface area contributed by atoms with Crippen LogP contribution in [0.4, 0.5) is 10.1 Å². The summed E-state index contributed by atoms with van der Waals surface area (Å²) in [6.07, 6.45) is 0.491. The van der Waals surface area contributed by atoms with E-state index >= 15 is 0 Å². The van der Waals surface area contributed by atoms with Gasteiger partial charge in [-0.05, 0) is 55.9 Å². The average molecular weight is 466 g/mol. The van der Waals surface area contributed by atoms with E-state index in [-0.39, 0.29) is 23.8 Å². The van der Waals surface area contributed by atoms with E-state index < -0.39 is 15.8 Å². The van der Waals surface area contributed by atoms with Crippen LogP contribution in [0.2, 0.25) is 0 Å². The number of ether oxygens (including phenoxy) is 1. The van der Waals surface area contributed by atoms with Crippen molar-refractivity contribution in [3.8, 4) is 5.75 Å². The summed E-state index contributed by atoms with van der Waals surface area (Å²) in [4.78, 5) is 14.7. The quantitative estimate of drug-likeness (QED) is 0.489. The summed E-state index contributed by atoms with van der Waals surface area (Å²) in [6, 6.07) is 11.9. The molecule has 0 aromatic heterocycles. The van der Waals surface area contributed by atoms with Crippen molar-refractivity contribution in [1.82, 2.24) is 9.21 Å². The highest BCUT2D eigenvalue weighted by Gasteiger charge is 2.20. The topological polar surface area (TPSA) is 79.0 Å². The molecule has 7 nitrogen and oxygen atoms in total. The molecule has 0 radical (unpaired) electrons. The number of anilines is 1. The van der Waals surface area contributed by atoms with E-state index in [1.165, 1.54) is 19.2 Å². The fourth-order valence-electron chi connectivity index (χ4n) is 3.10. The van der Waals surface area contributed by atoms with Crippen LogP contribution in [0.25, 0.3) is 0 Å². The molecule has 0 atom stereocenters. The maximum absolute atomic E-state index is 13.0. The van der Waals surface area contributed by atoms with Gasteiger partial charge < -0.3 is 15.0 Å². The van der Waals surface area contributed by atoms with Crippen LogP contribution in [-0.4, -0.2) is 63.4 Å². The fourth-order valence-corrected chi connectivity index (χ4v) is 4.31. The summed E-state index contributed by atoms with van der Waals surface area (Å²) in [5, 5.41) is 2.84. The van der Waals surface area contributed by atoms with Crippen molar-refractivity contribution in [2.45, 2.75) is 31.6 Å². The van der Waals surface area contributed by atoms with Gasteiger partial charge in [-0.15, -0.1) is 0 Å². The molecule has 0 aliphatic rings. The number of halogens is 1. The first-order valence-corrected chi connectivity index (χ1v) is 12.2. The van der Waals surface area contributed by atoms with Crippen molar-refractivity contribution in [2.24, 2.45) is 0 Å². The van der Waals surface area contributed by atoms with Crippen LogP contribution in [-0.2, 0) is 14.8 Å². The number of para-hydroxylation sites is 2. The smallest absolute Gasteiger partial charge is 0.242 e. The third-order valence-corrected chi connectivity index (χ3v) is 6.99. The summed E-state index contributed by atoms with van der Waals surface area (Å²) >= 11 is 0. The van der Waals surface area contributed by atoms with Gasteiger partial charge in [0.25, 0.3) is 0 Å². The van der Waals surface area contributed by atoms with E-state index in [0.29, 0.717) is 24.5 Å². The van der Waals surface area contributed by atoms with Gasteiger partial charge in [0.15, 0.2) is 0 Å². The molecule has 0 heterocycles. The molecular formula is C23H32FN3O4S. The Bertz CT molecular complexity index is 963. The van der Waals surface area contributed by atoms with Crippen molar-refractivity contribution < 1.29 is 22.3 Å². The molecule has 1 N–H and O–H groups in total. The first-order valence-electron chi connectivity index (χ1n) is 10.7. The van der Waals surface area contributed by atoms with Crippen molar-refractivity contribution in [2.75, 3.05) is 45.2 Å². The molecule has 0 bridgehead atoms. The number of rotatable bonds is 13. The van der Waals surface area contributed by atoms with Gasteiger partial charge in [0.05, 0.1) is 10.6 Å². The highest BCUT2D eigenvalue weighted by atomic mass is 32.2. The Kier molecular flexibility index (Phi) is 10.1. The Hall–Kier alpha value is -2.49. The Labute approximate surface area is 190 Å². The number of hydrogen-bond donors (Lipinski definition) is 1. The van der Waals surface area contributed by atoms with Gasteiger partial charge in [-0.1, -0.05) is 26.0 Å². The number of amides is 1. The van der Waals surface area contributed by atoms with E-state index in [9.17, 15) is 17.6 Å². The standard InChI is InChI=1S/C23H32FN3O4S/c1-4-27(5-2)17-18-31-22-10-7-6-9-21(22)25-23(28)11-8-16-26(3)32(29,30)20-14-12-19(24)13-15-20/h6-7,9-10,12-15H,4-5,8,11,16-18H2,1-3H3,(H,25,28). The zero-order chi connectivity index (χ0) is 23.6. The molecule has 2 rings (SSSR count). The molecule has 0 saturated carbocycles. The Morgan fingerprint density at radius 2 is 1.69 bits per heavy atom. The van der Waals surface area contributed by atoms with Crippen LogP contribution in [0.3, 0.4) is 0 Å². The summed E-state index contributed by atoms with van der Waals surface area (Å²) in [5.41, 5.74) is 0.587. The van der Waals surface area contributed by atoms with Gasteiger partial charge in [-0.25, -0.2) is 17.1 Å². The van der Waals surface area contributed by atoms with Crippen molar-refractivity contribution in [3.05, 3.63) is 54.3 Å². The van der Waals surface area contributed by atoms with Crippen LogP contribution >= 0.6 is 0 Å². The second kappa shape index (κ2) is 12.5.